The summed E-state index contributed by atoms with van der Waals surface area (Å²) in [4.78, 5) is 27.1. The van der Waals surface area contributed by atoms with Gasteiger partial charge in [-0.05, 0) is 36.5 Å². The van der Waals surface area contributed by atoms with Gasteiger partial charge in [-0.25, -0.2) is 0 Å². The number of piperidine rings is 1. The predicted molar refractivity (Wildman–Crippen MR) is 117 cm³/mol. The lowest BCUT2D eigenvalue weighted by molar-refractivity contribution is -0.132. The van der Waals surface area contributed by atoms with Crippen molar-refractivity contribution in [1.29, 1.82) is 0 Å². The molecule has 0 aromatic heterocycles. The van der Waals surface area contributed by atoms with Crippen molar-refractivity contribution < 1.29 is 9.59 Å². The third kappa shape index (κ3) is 6.05. The summed E-state index contributed by atoms with van der Waals surface area (Å²) in [7, 11) is 0. The molecule has 2 aromatic carbocycles. The quantitative estimate of drug-likeness (QED) is 0.703. The van der Waals surface area contributed by atoms with Crippen LogP contribution in [0.3, 0.4) is 0 Å². The minimum atomic E-state index is -0.0276. The second-order valence-corrected chi connectivity index (χ2v) is 7.60. The Kier molecular flexibility index (Phi) is 7.62. The molecule has 1 fully saturated rings. The number of likely N-dealkylation sites (tertiary alicyclic amines) is 1. The van der Waals surface area contributed by atoms with Crippen molar-refractivity contribution in [1.82, 2.24) is 10.2 Å². The standard InChI is InChI=1S/C25H30N2O2/c1-2-9-23(21-12-7-4-8-13-21)26-25(29)22-16-18-27(19-17-22)24(28)15-14-20-10-5-3-6-11-20/h3-8,10-15,22-23H,2,9,16-19H2,1H3,(H,26,29). The predicted octanol–water partition coefficient (Wildman–Crippen LogP) is 4.60. The highest BCUT2D eigenvalue weighted by Crippen LogP contribution is 2.22. The van der Waals surface area contributed by atoms with Crippen LogP contribution in [-0.4, -0.2) is 29.8 Å². The Morgan fingerprint density at radius 1 is 1.03 bits per heavy atom. The lowest BCUT2D eigenvalue weighted by atomic mass is 9.94. The van der Waals surface area contributed by atoms with Crippen LogP contribution in [0.5, 0.6) is 0 Å². The van der Waals surface area contributed by atoms with Crippen LogP contribution in [-0.2, 0) is 9.59 Å². The number of hydrogen-bond acceptors (Lipinski definition) is 2. The lowest BCUT2D eigenvalue weighted by Crippen LogP contribution is -2.43. The van der Waals surface area contributed by atoms with Gasteiger partial charge in [0.2, 0.25) is 11.8 Å². The van der Waals surface area contributed by atoms with E-state index in [-0.39, 0.29) is 23.8 Å². The van der Waals surface area contributed by atoms with E-state index in [1.54, 1.807) is 6.08 Å². The Hall–Kier alpha value is -2.88. The Morgan fingerprint density at radius 2 is 1.66 bits per heavy atom. The fourth-order valence-electron chi connectivity index (χ4n) is 3.78. The molecule has 4 nitrogen and oxygen atoms in total. The third-order valence-electron chi connectivity index (χ3n) is 5.49. The molecule has 4 heteroatoms. The smallest absolute Gasteiger partial charge is 0.246 e. The Labute approximate surface area is 173 Å². The van der Waals surface area contributed by atoms with Gasteiger partial charge < -0.3 is 10.2 Å². The zero-order chi connectivity index (χ0) is 20.5. The highest BCUT2D eigenvalue weighted by molar-refractivity contribution is 5.92. The maximum absolute atomic E-state index is 12.8. The molecule has 0 bridgehead atoms. The molecule has 1 heterocycles. The van der Waals surface area contributed by atoms with Gasteiger partial charge in [0.05, 0.1) is 6.04 Å². The first-order valence-electron chi connectivity index (χ1n) is 10.5. The molecule has 0 radical (unpaired) electrons. The van der Waals surface area contributed by atoms with Crippen LogP contribution >= 0.6 is 0 Å². The van der Waals surface area contributed by atoms with Crippen molar-refractivity contribution in [2.24, 2.45) is 5.92 Å². The van der Waals surface area contributed by atoms with E-state index in [4.69, 9.17) is 0 Å². The Morgan fingerprint density at radius 3 is 2.28 bits per heavy atom. The maximum atomic E-state index is 12.8. The van der Waals surface area contributed by atoms with E-state index in [0.29, 0.717) is 25.9 Å². The number of hydrogen-bond donors (Lipinski definition) is 1. The van der Waals surface area contributed by atoms with E-state index in [2.05, 4.69) is 24.4 Å². The second kappa shape index (κ2) is 10.6. The summed E-state index contributed by atoms with van der Waals surface area (Å²) < 4.78 is 0. The van der Waals surface area contributed by atoms with E-state index >= 15 is 0 Å². The molecule has 2 amide bonds. The number of carbonyl (C=O) groups excluding carboxylic acids is 2. The minimum absolute atomic E-state index is 0.0147. The number of benzene rings is 2. The van der Waals surface area contributed by atoms with Crippen LogP contribution in [0.4, 0.5) is 0 Å². The molecule has 1 aliphatic rings. The highest BCUT2D eigenvalue weighted by atomic mass is 16.2. The zero-order valence-electron chi connectivity index (χ0n) is 17.1. The van der Waals surface area contributed by atoms with Gasteiger partial charge in [-0.3, -0.25) is 9.59 Å². The maximum Gasteiger partial charge on any atom is 0.246 e. The highest BCUT2D eigenvalue weighted by Gasteiger charge is 2.28. The number of nitrogens with zero attached hydrogens (tertiary/aromatic N) is 1. The molecule has 1 unspecified atom stereocenters. The van der Waals surface area contributed by atoms with Crippen LogP contribution in [0.15, 0.2) is 66.7 Å². The van der Waals surface area contributed by atoms with Crippen molar-refractivity contribution in [2.45, 2.75) is 38.6 Å². The molecule has 0 saturated carbocycles. The van der Waals surface area contributed by atoms with Crippen molar-refractivity contribution in [2.75, 3.05) is 13.1 Å². The summed E-state index contributed by atoms with van der Waals surface area (Å²) in [5.41, 5.74) is 2.17. The summed E-state index contributed by atoms with van der Waals surface area (Å²) in [6.45, 7) is 3.38. The molecule has 1 atom stereocenters. The van der Waals surface area contributed by atoms with Crippen LogP contribution in [0.2, 0.25) is 0 Å². The van der Waals surface area contributed by atoms with Gasteiger partial charge in [-0.1, -0.05) is 74.0 Å². The van der Waals surface area contributed by atoms with Gasteiger partial charge in [0, 0.05) is 25.1 Å². The fraction of sp³-hybridized carbons (Fsp3) is 0.360. The zero-order valence-corrected chi connectivity index (χ0v) is 17.1. The average molecular weight is 391 g/mol. The first-order chi connectivity index (χ1) is 14.2. The second-order valence-electron chi connectivity index (χ2n) is 7.60. The van der Waals surface area contributed by atoms with E-state index in [1.165, 1.54) is 0 Å². The summed E-state index contributed by atoms with van der Waals surface area (Å²) in [5, 5.41) is 3.24. The van der Waals surface area contributed by atoms with Gasteiger partial charge in [-0.15, -0.1) is 0 Å². The van der Waals surface area contributed by atoms with Crippen LogP contribution < -0.4 is 5.32 Å². The van der Waals surface area contributed by atoms with Crippen LogP contribution in [0, 0.1) is 5.92 Å². The van der Waals surface area contributed by atoms with E-state index in [9.17, 15) is 9.59 Å². The normalized spacial score (nSPS) is 16.0. The van der Waals surface area contributed by atoms with E-state index < -0.39 is 0 Å². The van der Waals surface area contributed by atoms with Crippen molar-refractivity contribution in [3.05, 3.63) is 77.9 Å². The van der Waals surface area contributed by atoms with Gasteiger partial charge >= 0.3 is 0 Å². The molecule has 29 heavy (non-hydrogen) atoms. The van der Waals surface area contributed by atoms with Gasteiger partial charge in [0.15, 0.2) is 0 Å². The van der Waals surface area contributed by atoms with Crippen molar-refractivity contribution >= 4 is 17.9 Å². The minimum Gasteiger partial charge on any atom is -0.349 e. The number of nitrogens with one attached hydrogen (secondary N) is 1. The molecule has 0 aliphatic carbocycles. The molecule has 1 aliphatic heterocycles. The van der Waals surface area contributed by atoms with Gasteiger partial charge in [0.25, 0.3) is 0 Å². The van der Waals surface area contributed by atoms with E-state index in [1.807, 2.05) is 59.5 Å². The lowest BCUT2D eigenvalue weighted by Gasteiger charge is -2.31. The summed E-state index contributed by atoms with van der Waals surface area (Å²) >= 11 is 0. The molecular formula is C25H30N2O2. The van der Waals surface area contributed by atoms with Crippen molar-refractivity contribution in [3.8, 4) is 0 Å². The molecule has 152 valence electrons. The Bertz CT molecular complexity index is 809. The summed E-state index contributed by atoms with van der Waals surface area (Å²) in [5.74, 6) is 0.0975. The monoisotopic (exact) mass is 390 g/mol. The first-order valence-corrected chi connectivity index (χ1v) is 10.5. The Balaban J connectivity index is 1.51. The molecule has 1 N–H and O–H groups in total. The largest absolute Gasteiger partial charge is 0.349 e. The molecule has 3 rings (SSSR count). The number of rotatable bonds is 7. The summed E-state index contributed by atoms with van der Waals surface area (Å²) in [6.07, 6.45) is 6.84. The molecular weight excluding hydrogens is 360 g/mol. The van der Waals surface area contributed by atoms with Gasteiger partial charge in [0.1, 0.15) is 0 Å². The van der Waals surface area contributed by atoms with Crippen LogP contribution in [0.25, 0.3) is 6.08 Å². The van der Waals surface area contributed by atoms with Crippen LogP contribution in [0.1, 0.15) is 49.8 Å². The molecule has 1 saturated heterocycles. The number of amides is 2. The molecule has 0 spiro atoms. The van der Waals surface area contributed by atoms with Gasteiger partial charge in [-0.2, -0.15) is 0 Å². The SMILES string of the molecule is CCCC(NC(=O)C1CCN(C(=O)C=Cc2ccccc2)CC1)c1ccccc1. The van der Waals surface area contributed by atoms with Crippen molar-refractivity contribution in [3.63, 3.8) is 0 Å². The summed E-state index contributed by atoms with van der Waals surface area (Å²) in [6, 6.07) is 20.0. The number of carbonyl (C=O) groups is 2. The molecule has 2 aromatic rings. The van der Waals surface area contributed by atoms with E-state index in [0.717, 1.165) is 24.0 Å². The fourth-order valence-corrected chi connectivity index (χ4v) is 3.78. The third-order valence-corrected chi connectivity index (χ3v) is 5.49. The topological polar surface area (TPSA) is 49.4 Å². The average Bonchev–Trinajstić information content (AvgIpc) is 2.78. The first kappa shape index (κ1) is 20.8.